The predicted molar refractivity (Wildman–Crippen MR) is 51.3 cm³/mol. The molecule has 1 heterocycles. The molecular weight excluding hydrogens is 166 g/mol. The van der Waals surface area contributed by atoms with Gasteiger partial charge in [-0.25, -0.2) is 15.4 Å². The van der Waals surface area contributed by atoms with E-state index in [0.29, 0.717) is 6.61 Å². The second-order valence-corrected chi connectivity index (χ2v) is 2.86. The van der Waals surface area contributed by atoms with Gasteiger partial charge < -0.3 is 0 Å². The predicted octanol–water partition coefficient (Wildman–Crippen LogP) is 1.93. The molecule has 0 amide bonds. The Kier molecular flexibility index (Phi) is 4.18. The number of unbranched alkanes of at least 4 members (excludes halogenated alkanes) is 1. The van der Waals surface area contributed by atoms with Crippen molar-refractivity contribution in [3.8, 4) is 0 Å². The highest BCUT2D eigenvalue weighted by atomic mass is 16.6. The summed E-state index contributed by atoms with van der Waals surface area (Å²) in [6.07, 6.45) is 5.43. The maximum absolute atomic E-state index is 5.20. The summed E-state index contributed by atoms with van der Waals surface area (Å²) in [5, 5.41) is 0. The fourth-order valence-electron chi connectivity index (χ4n) is 0.842. The quantitative estimate of drug-likeness (QED) is 0.557. The van der Waals surface area contributed by atoms with Crippen LogP contribution in [0, 0.1) is 6.92 Å². The number of nitrogens with one attached hydrogen (secondary N) is 1. The van der Waals surface area contributed by atoms with Gasteiger partial charge in [-0.1, -0.05) is 13.3 Å². The maximum atomic E-state index is 5.20. The van der Waals surface area contributed by atoms with Crippen LogP contribution in [0.25, 0.3) is 0 Å². The molecule has 0 saturated carbocycles. The molecule has 0 bridgehead atoms. The monoisotopic (exact) mass is 181 g/mol. The molecule has 1 aromatic rings. The lowest BCUT2D eigenvalue weighted by Crippen LogP contribution is -2.05. The molecule has 0 aromatic carbocycles. The SMILES string of the molecule is CCCCONc1ncncc1C. The first-order valence-electron chi connectivity index (χ1n) is 4.49. The summed E-state index contributed by atoms with van der Waals surface area (Å²) in [4.78, 5) is 13.1. The number of aryl methyl sites for hydroxylation is 1. The van der Waals surface area contributed by atoms with Crippen LogP contribution in [0.15, 0.2) is 12.5 Å². The molecule has 0 radical (unpaired) electrons. The first kappa shape index (κ1) is 9.92. The lowest BCUT2D eigenvalue weighted by atomic mass is 10.3. The van der Waals surface area contributed by atoms with Crippen molar-refractivity contribution in [3.63, 3.8) is 0 Å². The van der Waals surface area contributed by atoms with Crippen LogP contribution >= 0.6 is 0 Å². The molecule has 13 heavy (non-hydrogen) atoms. The molecule has 0 spiro atoms. The van der Waals surface area contributed by atoms with Gasteiger partial charge >= 0.3 is 0 Å². The zero-order valence-corrected chi connectivity index (χ0v) is 8.08. The Bertz CT molecular complexity index is 252. The number of nitrogens with zero attached hydrogens (tertiary/aromatic N) is 2. The Morgan fingerprint density at radius 3 is 3.08 bits per heavy atom. The number of aromatic nitrogens is 2. The molecular formula is C9H15N3O. The first-order valence-corrected chi connectivity index (χ1v) is 4.49. The molecule has 0 aliphatic carbocycles. The van der Waals surface area contributed by atoms with Crippen molar-refractivity contribution in [1.82, 2.24) is 9.97 Å². The summed E-state index contributed by atoms with van der Waals surface area (Å²) in [6.45, 7) is 4.77. The lowest BCUT2D eigenvalue weighted by molar-refractivity contribution is 0.188. The second-order valence-electron chi connectivity index (χ2n) is 2.86. The molecule has 1 aromatic heterocycles. The van der Waals surface area contributed by atoms with Crippen LogP contribution in [0.3, 0.4) is 0 Å². The van der Waals surface area contributed by atoms with E-state index < -0.39 is 0 Å². The Hall–Kier alpha value is -1.16. The maximum Gasteiger partial charge on any atom is 0.155 e. The molecule has 1 rings (SSSR count). The van der Waals surface area contributed by atoms with E-state index in [1.54, 1.807) is 6.20 Å². The average molecular weight is 181 g/mol. The van der Waals surface area contributed by atoms with Crippen LogP contribution in [0.5, 0.6) is 0 Å². The smallest absolute Gasteiger partial charge is 0.155 e. The highest BCUT2D eigenvalue weighted by Crippen LogP contribution is 2.07. The Balaban J connectivity index is 2.32. The van der Waals surface area contributed by atoms with Crippen molar-refractivity contribution in [3.05, 3.63) is 18.1 Å². The van der Waals surface area contributed by atoms with E-state index in [9.17, 15) is 0 Å². The number of hydrogen-bond acceptors (Lipinski definition) is 4. The van der Waals surface area contributed by atoms with Crippen LogP contribution < -0.4 is 5.48 Å². The Morgan fingerprint density at radius 1 is 1.54 bits per heavy atom. The van der Waals surface area contributed by atoms with Crippen molar-refractivity contribution >= 4 is 5.82 Å². The van der Waals surface area contributed by atoms with Gasteiger partial charge in [0.1, 0.15) is 6.33 Å². The third-order valence-corrected chi connectivity index (χ3v) is 1.66. The highest BCUT2D eigenvalue weighted by molar-refractivity contribution is 5.38. The summed E-state index contributed by atoms with van der Waals surface area (Å²) in [6, 6.07) is 0. The molecule has 4 nitrogen and oxygen atoms in total. The van der Waals surface area contributed by atoms with Gasteiger partial charge in [-0.15, -0.1) is 0 Å². The van der Waals surface area contributed by atoms with E-state index in [1.165, 1.54) is 6.33 Å². The number of rotatable bonds is 5. The second kappa shape index (κ2) is 5.48. The van der Waals surface area contributed by atoms with Gasteiger partial charge in [0.05, 0.1) is 6.61 Å². The minimum atomic E-state index is 0.708. The molecule has 0 aliphatic heterocycles. The average Bonchev–Trinajstić information content (AvgIpc) is 2.15. The van der Waals surface area contributed by atoms with Gasteiger partial charge in [0.25, 0.3) is 0 Å². The van der Waals surface area contributed by atoms with Gasteiger partial charge in [-0.2, -0.15) is 0 Å². The first-order chi connectivity index (χ1) is 6.34. The molecule has 72 valence electrons. The normalized spacial score (nSPS) is 10.0. The molecule has 0 atom stereocenters. The number of anilines is 1. The Morgan fingerprint density at radius 2 is 2.38 bits per heavy atom. The van der Waals surface area contributed by atoms with Gasteiger partial charge in [-0.3, -0.25) is 4.84 Å². The summed E-state index contributed by atoms with van der Waals surface area (Å²) in [5.41, 5.74) is 3.78. The molecule has 0 saturated heterocycles. The topological polar surface area (TPSA) is 47.0 Å². The van der Waals surface area contributed by atoms with Crippen molar-refractivity contribution < 1.29 is 4.84 Å². The van der Waals surface area contributed by atoms with Crippen LogP contribution in [-0.4, -0.2) is 16.6 Å². The van der Waals surface area contributed by atoms with Gasteiger partial charge in [0, 0.05) is 11.8 Å². The van der Waals surface area contributed by atoms with E-state index >= 15 is 0 Å². The molecule has 0 fully saturated rings. The zero-order chi connectivity index (χ0) is 9.52. The fourth-order valence-corrected chi connectivity index (χ4v) is 0.842. The van der Waals surface area contributed by atoms with E-state index in [4.69, 9.17) is 4.84 Å². The van der Waals surface area contributed by atoms with Crippen LogP contribution in [-0.2, 0) is 4.84 Å². The van der Waals surface area contributed by atoms with Gasteiger partial charge in [0.15, 0.2) is 5.82 Å². The van der Waals surface area contributed by atoms with Crippen molar-refractivity contribution in [1.29, 1.82) is 0 Å². The lowest BCUT2D eigenvalue weighted by Gasteiger charge is -2.06. The van der Waals surface area contributed by atoms with Gasteiger partial charge in [-0.05, 0) is 13.3 Å². The molecule has 0 unspecified atom stereocenters. The highest BCUT2D eigenvalue weighted by Gasteiger charge is 1.96. The van der Waals surface area contributed by atoms with E-state index in [-0.39, 0.29) is 0 Å². The van der Waals surface area contributed by atoms with E-state index in [2.05, 4.69) is 22.4 Å². The standard InChI is InChI=1S/C9H15N3O/c1-3-4-5-13-12-9-8(2)6-10-7-11-9/h6-7H,3-5H2,1-2H3,(H,10,11,12). The van der Waals surface area contributed by atoms with Gasteiger partial charge in [0.2, 0.25) is 0 Å². The molecule has 1 N–H and O–H groups in total. The van der Waals surface area contributed by atoms with Crippen molar-refractivity contribution in [2.45, 2.75) is 26.7 Å². The summed E-state index contributed by atoms with van der Waals surface area (Å²) < 4.78 is 0. The minimum absolute atomic E-state index is 0.708. The number of hydrogen-bond donors (Lipinski definition) is 1. The Labute approximate surface area is 78.3 Å². The summed E-state index contributed by atoms with van der Waals surface area (Å²) >= 11 is 0. The minimum Gasteiger partial charge on any atom is -0.275 e. The third-order valence-electron chi connectivity index (χ3n) is 1.66. The largest absolute Gasteiger partial charge is 0.275 e. The molecule has 0 aliphatic rings. The van der Waals surface area contributed by atoms with E-state index in [0.717, 1.165) is 24.2 Å². The van der Waals surface area contributed by atoms with Crippen molar-refractivity contribution in [2.24, 2.45) is 0 Å². The fraction of sp³-hybridized carbons (Fsp3) is 0.556. The summed E-state index contributed by atoms with van der Waals surface area (Å²) in [7, 11) is 0. The van der Waals surface area contributed by atoms with Crippen LogP contribution in [0.4, 0.5) is 5.82 Å². The third kappa shape index (κ3) is 3.38. The van der Waals surface area contributed by atoms with E-state index in [1.807, 2.05) is 6.92 Å². The summed E-state index contributed by atoms with van der Waals surface area (Å²) in [5.74, 6) is 0.742. The zero-order valence-electron chi connectivity index (χ0n) is 8.08. The van der Waals surface area contributed by atoms with Crippen LogP contribution in [0.2, 0.25) is 0 Å². The van der Waals surface area contributed by atoms with Crippen LogP contribution in [0.1, 0.15) is 25.3 Å². The van der Waals surface area contributed by atoms with Crippen molar-refractivity contribution in [2.75, 3.05) is 12.1 Å². The molecule has 4 heteroatoms.